The van der Waals surface area contributed by atoms with Crippen LogP contribution in [0.15, 0.2) is 54.6 Å². The van der Waals surface area contributed by atoms with Crippen LogP contribution in [0.1, 0.15) is 21.5 Å². The third kappa shape index (κ3) is 5.07. The number of amides is 1. The van der Waals surface area contributed by atoms with Crippen LogP contribution in [0, 0.1) is 0 Å². The van der Waals surface area contributed by atoms with Gasteiger partial charge in [0.05, 0.1) is 12.7 Å². The summed E-state index contributed by atoms with van der Waals surface area (Å²) in [7, 11) is 1.18. The molecule has 1 amide bonds. The summed E-state index contributed by atoms with van der Waals surface area (Å²) in [6, 6.07) is 11.9. The monoisotopic (exact) mass is 351 g/mol. The predicted octanol–water partition coefficient (Wildman–Crippen LogP) is 3.22. The first-order valence-corrected chi connectivity index (χ1v) is 7.41. The van der Waals surface area contributed by atoms with Crippen molar-refractivity contribution in [3.05, 3.63) is 71.3 Å². The van der Waals surface area contributed by atoms with Crippen LogP contribution in [-0.2, 0) is 22.1 Å². The van der Waals surface area contributed by atoms with E-state index < -0.39 is 29.7 Å². The Morgan fingerprint density at radius 1 is 1.08 bits per heavy atom. The molecule has 0 aliphatic rings. The Balaban J connectivity index is 2.18. The molecule has 2 aromatic rings. The fourth-order valence-corrected chi connectivity index (χ4v) is 2.26. The molecule has 25 heavy (non-hydrogen) atoms. The summed E-state index contributed by atoms with van der Waals surface area (Å²) < 4.78 is 42.9. The lowest BCUT2D eigenvalue weighted by Crippen LogP contribution is -2.43. The predicted molar refractivity (Wildman–Crippen MR) is 84.9 cm³/mol. The van der Waals surface area contributed by atoms with Crippen LogP contribution in [0.5, 0.6) is 0 Å². The number of nitrogens with one attached hydrogen (secondary N) is 1. The fraction of sp³-hybridized carbons (Fsp3) is 0.222. The van der Waals surface area contributed by atoms with Crippen molar-refractivity contribution in [3.8, 4) is 0 Å². The molecule has 0 spiro atoms. The van der Waals surface area contributed by atoms with Crippen LogP contribution in [0.3, 0.4) is 0 Å². The first kappa shape index (κ1) is 18.5. The molecule has 1 atom stereocenters. The molecular formula is C18H16F3NO3. The van der Waals surface area contributed by atoms with Crippen molar-refractivity contribution < 1.29 is 27.5 Å². The van der Waals surface area contributed by atoms with E-state index in [0.29, 0.717) is 0 Å². The molecule has 0 saturated heterocycles. The maximum absolute atomic E-state index is 12.8. The van der Waals surface area contributed by atoms with Gasteiger partial charge in [0.25, 0.3) is 5.91 Å². The van der Waals surface area contributed by atoms with Gasteiger partial charge in [-0.3, -0.25) is 4.79 Å². The van der Waals surface area contributed by atoms with E-state index in [9.17, 15) is 22.8 Å². The Morgan fingerprint density at radius 3 is 2.36 bits per heavy atom. The SMILES string of the molecule is COC(=O)[C@@H](Cc1ccccc1)NC(=O)c1cccc(C(F)(F)F)c1. The quantitative estimate of drug-likeness (QED) is 0.842. The number of hydrogen-bond donors (Lipinski definition) is 1. The summed E-state index contributed by atoms with van der Waals surface area (Å²) in [5, 5.41) is 2.43. The highest BCUT2D eigenvalue weighted by Gasteiger charge is 2.31. The van der Waals surface area contributed by atoms with Gasteiger partial charge in [-0.15, -0.1) is 0 Å². The summed E-state index contributed by atoms with van der Waals surface area (Å²) in [5.74, 6) is -1.46. The van der Waals surface area contributed by atoms with Crippen molar-refractivity contribution >= 4 is 11.9 Å². The normalized spacial score (nSPS) is 12.3. The number of alkyl halides is 3. The van der Waals surface area contributed by atoms with Crippen molar-refractivity contribution in [3.63, 3.8) is 0 Å². The van der Waals surface area contributed by atoms with Crippen LogP contribution in [0.2, 0.25) is 0 Å². The maximum Gasteiger partial charge on any atom is 0.416 e. The van der Waals surface area contributed by atoms with E-state index in [2.05, 4.69) is 10.1 Å². The molecule has 0 bridgehead atoms. The molecule has 0 aliphatic heterocycles. The van der Waals surface area contributed by atoms with E-state index in [1.54, 1.807) is 30.3 Å². The number of methoxy groups -OCH3 is 1. The molecule has 2 aromatic carbocycles. The number of rotatable bonds is 5. The van der Waals surface area contributed by atoms with Gasteiger partial charge in [0.1, 0.15) is 6.04 Å². The summed E-state index contributed by atoms with van der Waals surface area (Å²) in [6.45, 7) is 0. The second kappa shape index (κ2) is 7.83. The average Bonchev–Trinajstić information content (AvgIpc) is 2.60. The molecule has 2 rings (SSSR count). The van der Waals surface area contributed by atoms with Gasteiger partial charge < -0.3 is 10.1 Å². The third-order valence-electron chi connectivity index (χ3n) is 3.53. The number of carbonyl (C=O) groups is 2. The number of benzene rings is 2. The van der Waals surface area contributed by atoms with Crippen molar-refractivity contribution in [2.45, 2.75) is 18.6 Å². The first-order chi connectivity index (χ1) is 11.8. The van der Waals surface area contributed by atoms with Crippen molar-refractivity contribution in [2.24, 2.45) is 0 Å². The largest absolute Gasteiger partial charge is 0.467 e. The second-order valence-electron chi connectivity index (χ2n) is 5.32. The van der Waals surface area contributed by atoms with E-state index in [-0.39, 0.29) is 12.0 Å². The van der Waals surface area contributed by atoms with Crippen LogP contribution >= 0.6 is 0 Å². The Morgan fingerprint density at radius 2 is 1.76 bits per heavy atom. The Labute approximate surface area is 142 Å². The minimum absolute atomic E-state index is 0.165. The van der Waals surface area contributed by atoms with E-state index in [1.807, 2.05) is 0 Å². The van der Waals surface area contributed by atoms with Gasteiger partial charge in [-0.1, -0.05) is 36.4 Å². The second-order valence-corrected chi connectivity index (χ2v) is 5.32. The zero-order chi connectivity index (χ0) is 18.4. The fourth-order valence-electron chi connectivity index (χ4n) is 2.26. The lowest BCUT2D eigenvalue weighted by atomic mass is 10.0. The smallest absolute Gasteiger partial charge is 0.416 e. The van der Waals surface area contributed by atoms with Crippen molar-refractivity contribution in [1.82, 2.24) is 5.32 Å². The van der Waals surface area contributed by atoms with E-state index in [1.165, 1.54) is 13.2 Å². The van der Waals surface area contributed by atoms with Gasteiger partial charge in [0, 0.05) is 12.0 Å². The van der Waals surface area contributed by atoms with Gasteiger partial charge in [-0.25, -0.2) is 4.79 Å². The molecular weight excluding hydrogens is 335 g/mol. The topological polar surface area (TPSA) is 55.4 Å². The van der Waals surface area contributed by atoms with Gasteiger partial charge >= 0.3 is 12.1 Å². The summed E-state index contributed by atoms with van der Waals surface area (Å²) in [4.78, 5) is 24.2. The summed E-state index contributed by atoms with van der Waals surface area (Å²) in [5.41, 5.74) is -0.336. The number of halogens is 3. The molecule has 0 saturated carbocycles. The van der Waals surface area contributed by atoms with Crippen LogP contribution in [0.25, 0.3) is 0 Å². The molecule has 1 N–H and O–H groups in total. The number of ether oxygens (including phenoxy) is 1. The van der Waals surface area contributed by atoms with Crippen LogP contribution < -0.4 is 5.32 Å². The maximum atomic E-state index is 12.8. The molecule has 0 aromatic heterocycles. The number of hydrogen-bond acceptors (Lipinski definition) is 3. The van der Waals surface area contributed by atoms with E-state index in [0.717, 1.165) is 23.8 Å². The summed E-state index contributed by atoms with van der Waals surface area (Å²) >= 11 is 0. The van der Waals surface area contributed by atoms with Crippen LogP contribution in [0.4, 0.5) is 13.2 Å². The molecule has 4 nitrogen and oxygen atoms in total. The molecule has 7 heteroatoms. The minimum atomic E-state index is -4.55. The molecule has 0 unspecified atom stereocenters. The lowest BCUT2D eigenvalue weighted by molar-refractivity contribution is -0.143. The summed E-state index contributed by atoms with van der Waals surface area (Å²) in [6.07, 6.45) is -4.39. The third-order valence-corrected chi connectivity index (χ3v) is 3.53. The Hall–Kier alpha value is -2.83. The molecule has 0 radical (unpaired) electrons. The Bertz CT molecular complexity index is 745. The highest BCUT2D eigenvalue weighted by Crippen LogP contribution is 2.29. The molecule has 0 aliphatic carbocycles. The van der Waals surface area contributed by atoms with Crippen molar-refractivity contribution in [2.75, 3.05) is 7.11 Å². The zero-order valence-electron chi connectivity index (χ0n) is 13.3. The first-order valence-electron chi connectivity index (χ1n) is 7.41. The lowest BCUT2D eigenvalue weighted by Gasteiger charge is -2.17. The molecule has 132 valence electrons. The van der Waals surface area contributed by atoms with Crippen LogP contribution in [-0.4, -0.2) is 25.0 Å². The number of carbonyl (C=O) groups excluding carboxylic acids is 2. The number of esters is 1. The molecule has 0 heterocycles. The highest BCUT2D eigenvalue weighted by atomic mass is 19.4. The van der Waals surface area contributed by atoms with E-state index in [4.69, 9.17) is 0 Å². The van der Waals surface area contributed by atoms with E-state index >= 15 is 0 Å². The Kier molecular flexibility index (Phi) is 5.80. The standard InChI is InChI=1S/C18H16F3NO3/c1-25-17(24)15(10-12-6-3-2-4-7-12)22-16(23)13-8-5-9-14(11-13)18(19,20)21/h2-9,11,15H,10H2,1H3,(H,22,23)/t15-/m1/s1. The highest BCUT2D eigenvalue weighted by molar-refractivity contribution is 5.97. The molecule has 0 fully saturated rings. The van der Waals surface area contributed by atoms with Crippen molar-refractivity contribution in [1.29, 1.82) is 0 Å². The van der Waals surface area contributed by atoms with Gasteiger partial charge in [-0.05, 0) is 23.8 Å². The minimum Gasteiger partial charge on any atom is -0.467 e. The van der Waals surface area contributed by atoms with Gasteiger partial charge in [-0.2, -0.15) is 13.2 Å². The van der Waals surface area contributed by atoms with Gasteiger partial charge in [0.2, 0.25) is 0 Å². The zero-order valence-corrected chi connectivity index (χ0v) is 13.3. The average molecular weight is 351 g/mol. The van der Waals surface area contributed by atoms with Gasteiger partial charge in [0.15, 0.2) is 0 Å².